The van der Waals surface area contributed by atoms with Gasteiger partial charge in [-0.3, -0.25) is 4.79 Å². The van der Waals surface area contributed by atoms with E-state index in [0.717, 1.165) is 12.8 Å². The maximum absolute atomic E-state index is 13.3. The molecular formula is C18H28ClN3O5S. The van der Waals surface area contributed by atoms with Crippen LogP contribution in [0.4, 0.5) is 0 Å². The predicted molar refractivity (Wildman–Crippen MR) is 108 cm³/mol. The molecule has 8 nitrogen and oxygen atoms in total. The van der Waals surface area contributed by atoms with E-state index in [0.29, 0.717) is 18.5 Å². The molecule has 2 rings (SSSR count). The number of hydrogen-bond acceptors (Lipinski definition) is 6. The Morgan fingerprint density at radius 2 is 2.04 bits per heavy atom. The van der Waals surface area contributed by atoms with Gasteiger partial charge in [0.15, 0.2) is 0 Å². The lowest BCUT2D eigenvalue weighted by molar-refractivity contribution is -0.121. The van der Waals surface area contributed by atoms with Crippen molar-refractivity contribution in [3.63, 3.8) is 0 Å². The van der Waals surface area contributed by atoms with Crippen LogP contribution in [0, 0.1) is 6.92 Å². The largest absolute Gasteiger partial charge is 0.465 e. The highest BCUT2D eigenvalue weighted by Gasteiger charge is 2.35. The van der Waals surface area contributed by atoms with Crippen molar-refractivity contribution in [3.8, 4) is 0 Å². The number of sulfonamides is 1. The summed E-state index contributed by atoms with van der Waals surface area (Å²) in [6, 6.07) is 4.25. The molecule has 10 heteroatoms. The molecule has 1 aromatic rings. The molecule has 0 aliphatic carbocycles. The number of esters is 1. The van der Waals surface area contributed by atoms with Gasteiger partial charge in [-0.15, -0.1) is 12.4 Å². The third kappa shape index (κ3) is 5.44. The van der Waals surface area contributed by atoms with Crippen LogP contribution in [-0.2, 0) is 19.6 Å². The van der Waals surface area contributed by atoms with Gasteiger partial charge < -0.3 is 15.8 Å². The number of nitrogens with two attached hydrogens (primary N) is 1. The summed E-state index contributed by atoms with van der Waals surface area (Å²) in [6.45, 7) is 2.47. The molecule has 1 fully saturated rings. The molecule has 1 amide bonds. The van der Waals surface area contributed by atoms with Gasteiger partial charge in [-0.25, -0.2) is 13.2 Å². The van der Waals surface area contributed by atoms with Crippen molar-refractivity contribution in [1.82, 2.24) is 9.62 Å². The summed E-state index contributed by atoms with van der Waals surface area (Å²) < 4.78 is 32.8. The number of carbonyl (C=O) groups is 2. The second kappa shape index (κ2) is 10.8. The fourth-order valence-electron chi connectivity index (χ4n) is 3.30. The van der Waals surface area contributed by atoms with E-state index in [2.05, 4.69) is 5.32 Å². The first-order valence-corrected chi connectivity index (χ1v) is 10.4. The van der Waals surface area contributed by atoms with Crippen LogP contribution in [0.2, 0.25) is 0 Å². The van der Waals surface area contributed by atoms with Gasteiger partial charge in [0, 0.05) is 32.1 Å². The second-order valence-electron chi connectivity index (χ2n) is 6.53. The fourth-order valence-corrected chi connectivity index (χ4v) is 5.24. The summed E-state index contributed by atoms with van der Waals surface area (Å²) in [5, 5.41) is 2.76. The summed E-state index contributed by atoms with van der Waals surface area (Å²) in [5.74, 6) is -0.766. The Morgan fingerprint density at radius 3 is 2.68 bits per heavy atom. The lowest BCUT2D eigenvalue weighted by Gasteiger charge is -2.35. The Balaban J connectivity index is 0.00000392. The van der Waals surface area contributed by atoms with E-state index in [1.807, 2.05) is 0 Å². The molecular weight excluding hydrogens is 406 g/mol. The third-order valence-electron chi connectivity index (χ3n) is 4.76. The molecule has 1 aliphatic heterocycles. The van der Waals surface area contributed by atoms with Gasteiger partial charge in [0.2, 0.25) is 15.9 Å². The maximum Gasteiger partial charge on any atom is 0.338 e. The SMILES string of the molecule is COC(=O)c1cccc(S(=O)(=O)N2CCCCC2CNC(=O)CCN)c1C.Cl. The van der Waals surface area contributed by atoms with Crippen molar-refractivity contribution in [1.29, 1.82) is 0 Å². The molecule has 0 spiro atoms. The van der Waals surface area contributed by atoms with Crippen LogP contribution in [0.5, 0.6) is 0 Å². The van der Waals surface area contributed by atoms with Crippen LogP contribution in [0.15, 0.2) is 23.1 Å². The average Bonchev–Trinajstić information content (AvgIpc) is 2.66. The lowest BCUT2D eigenvalue weighted by atomic mass is 10.1. The molecule has 1 unspecified atom stereocenters. The number of piperidine rings is 1. The van der Waals surface area contributed by atoms with E-state index in [-0.39, 0.29) is 54.3 Å². The quantitative estimate of drug-likeness (QED) is 0.624. The van der Waals surface area contributed by atoms with Crippen molar-refractivity contribution in [2.75, 3.05) is 26.7 Å². The number of hydrogen-bond donors (Lipinski definition) is 2. The van der Waals surface area contributed by atoms with Gasteiger partial charge >= 0.3 is 5.97 Å². The minimum absolute atomic E-state index is 0. The summed E-state index contributed by atoms with van der Waals surface area (Å²) in [4.78, 5) is 23.7. The third-order valence-corrected chi connectivity index (χ3v) is 6.85. The first-order valence-electron chi connectivity index (χ1n) is 8.99. The molecule has 158 valence electrons. The molecule has 28 heavy (non-hydrogen) atoms. The second-order valence-corrected chi connectivity index (χ2v) is 8.39. The molecule has 1 aromatic carbocycles. The maximum atomic E-state index is 13.3. The van der Waals surface area contributed by atoms with Crippen LogP contribution in [0.25, 0.3) is 0 Å². The number of ether oxygens (including phenoxy) is 1. The summed E-state index contributed by atoms with van der Waals surface area (Å²) in [5.41, 5.74) is 5.96. The summed E-state index contributed by atoms with van der Waals surface area (Å²) in [6.07, 6.45) is 2.52. The molecule has 1 heterocycles. The zero-order chi connectivity index (χ0) is 20.0. The highest BCUT2D eigenvalue weighted by Crippen LogP contribution is 2.28. The smallest absolute Gasteiger partial charge is 0.338 e. The molecule has 1 aliphatic rings. The predicted octanol–water partition coefficient (Wildman–Crippen LogP) is 1.21. The minimum atomic E-state index is -3.82. The highest BCUT2D eigenvalue weighted by atomic mass is 35.5. The number of nitrogens with one attached hydrogen (secondary N) is 1. The van der Waals surface area contributed by atoms with E-state index < -0.39 is 16.0 Å². The monoisotopic (exact) mass is 433 g/mol. The van der Waals surface area contributed by atoms with Crippen molar-refractivity contribution < 1.29 is 22.7 Å². The number of amides is 1. The van der Waals surface area contributed by atoms with E-state index in [1.54, 1.807) is 13.0 Å². The first kappa shape index (κ1) is 24.4. The van der Waals surface area contributed by atoms with Crippen molar-refractivity contribution >= 4 is 34.3 Å². The number of rotatable bonds is 7. The average molecular weight is 434 g/mol. The van der Waals surface area contributed by atoms with Gasteiger partial charge in [-0.2, -0.15) is 4.31 Å². The Morgan fingerprint density at radius 1 is 1.32 bits per heavy atom. The van der Waals surface area contributed by atoms with Crippen molar-refractivity contribution in [2.24, 2.45) is 5.73 Å². The fraction of sp³-hybridized carbons (Fsp3) is 0.556. The van der Waals surface area contributed by atoms with E-state index in [9.17, 15) is 18.0 Å². The van der Waals surface area contributed by atoms with E-state index >= 15 is 0 Å². The Hall–Kier alpha value is -1.68. The molecule has 1 saturated heterocycles. The number of benzene rings is 1. The summed E-state index contributed by atoms with van der Waals surface area (Å²) >= 11 is 0. The van der Waals surface area contributed by atoms with E-state index in [4.69, 9.17) is 10.5 Å². The van der Waals surface area contributed by atoms with Crippen LogP contribution in [0.3, 0.4) is 0 Å². The summed E-state index contributed by atoms with van der Waals surface area (Å²) in [7, 11) is -2.56. The Kier molecular flexibility index (Phi) is 9.35. The highest BCUT2D eigenvalue weighted by molar-refractivity contribution is 7.89. The minimum Gasteiger partial charge on any atom is -0.465 e. The number of carbonyl (C=O) groups excluding carboxylic acids is 2. The molecule has 0 aromatic heterocycles. The van der Waals surface area contributed by atoms with Gasteiger partial charge in [-0.1, -0.05) is 12.5 Å². The number of methoxy groups -OCH3 is 1. The van der Waals surface area contributed by atoms with Crippen LogP contribution in [-0.4, -0.2) is 57.4 Å². The molecule has 3 N–H and O–H groups in total. The zero-order valence-corrected chi connectivity index (χ0v) is 17.8. The van der Waals surface area contributed by atoms with Crippen molar-refractivity contribution in [2.45, 2.75) is 43.5 Å². The normalized spacial score (nSPS) is 17.5. The Bertz CT molecular complexity index is 800. The molecule has 1 atom stereocenters. The molecule has 0 saturated carbocycles. The number of halogens is 1. The number of nitrogens with zero attached hydrogens (tertiary/aromatic N) is 1. The Labute approximate surface area is 172 Å². The lowest BCUT2D eigenvalue weighted by Crippen LogP contribution is -2.49. The van der Waals surface area contributed by atoms with Crippen LogP contribution >= 0.6 is 12.4 Å². The van der Waals surface area contributed by atoms with Crippen LogP contribution < -0.4 is 11.1 Å². The topological polar surface area (TPSA) is 119 Å². The zero-order valence-electron chi connectivity index (χ0n) is 16.1. The molecule has 0 radical (unpaired) electrons. The van der Waals surface area contributed by atoms with Gasteiger partial charge in [-0.05, 0) is 37.5 Å². The van der Waals surface area contributed by atoms with Gasteiger partial charge in [0.05, 0.1) is 17.6 Å². The standard InChI is InChI=1S/C18H27N3O5S.ClH/c1-13-15(18(23)26-2)7-5-8-16(13)27(24,25)21-11-4-3-6-14(21)12-20-17(22)9-10-19;/h5,7-8,14H,3-4,6,9-12,19H2,1-2H3,(H,20,22);1H. The van der Waals surface area contributed by atoms with Crippen LogP contribution in [0.1, 0.15) is 41.6 Å². The molecule has 0 bridgehead atoms. The van der Waals surface area contributed by atoms with Gasteiger partial charge in [0.1, 0.15) is 0 Å². The van der Waals surface area contributed by atoms with Gasteiger partial charge in [0.25, 0.3) is 0 Å². The van der Waals surface area contributed by atoms with E-state index in [1.165, 1.54) is 23.5 Å². The first-order chi connectivity index (χ1) is 12.8. The van der Waals surface area contributed by atoms with Crippen molar-refractivity contribution in [3.05, 3.63) is 29.3 Å².